The molecule has 1 aromatic rings. The molecular formula is C14H22N2O. The molecule has 17 heavy (non-hydrogen) atoms. The average Bonchev–Trinajstić information content (AvgIpc) is 2.33. The fraction of sp³-hybridized carbons (Fsp3) is 0.643. The summed E-state index contributed by atoms with van der Waals surface area (Å²) in [4.78, 5) is 4.11. The number of hydrogen-bond donors (Lipinski definition) is 1. The Labute approximate surface area is 104 Å². The van der Waals surface area contributed by atoms with Crippen molar-refractivity contribution >= 4 is 0 Å². The minimum absolute atomic E-state index is 0.329. The molecule has 1 N–H and O–H groups in total. The molecule has 2 rings (SSSR count). The van der Waals surface area contributed by atoms with Crippen LogP contribution in [0.25, 0.3) is 0 Å². The number of aromatic nitrogens is 1. The predicted octanol–water partition coefficient (Wildman–Crippen LogP) is 1.99. The van der Waals surface area contributed by atoms with Crippen molar-refractivity contribution in [2.45, 2.75) is 25.2 Å². The summed E-state index contributed by atoms with van der Waals surface area (Å²) in [5.74, 6) is 0.840. The van der Waals surface area contributed by atoms with Gasteiger partial charge < -0.3 is 10.1 Å². The van der Waals surface area contributed by atoms with E-state index < -0.39 is 0 Å². The van der Waals surface area contributed by atoms with Crippen molar-refractivity contribution in [3.63, 3.8) is 0 Å². The Balaban J connectivity index is 1.96. The standard InChI is InChI=1S/C14H22N2O/c1-12-9-14(10-12,11-16-7-8-17-2)13-3-5-15-6-4-13/h3-6,12,16H,7-11H2,1-2H3. The summed E-state index contributed by atoms with van der Waals surface area (Å²) in [5.41, 5.74) is 1.76. The SMILES string of the molecule is COCCNCC1(c2ccncc2)CC(C)C1. The van der Waals surface area contributed by atoms with E-state index in [1.807, 2.05) is 12.4 Å². The predicted molar refractivity (Wildman–Crippen MR) is 69.1 cm³/mol. The second kappa shape index (κ2) is 5.61. The highest BCUT2D eigenvalue weighted by molar-refractivity contribution is 5.27. The van der Waals surface area contributed by atoms with Gasteiger partial charge in [0.1, 0.15) is 0 Å². The Kier molecular flexibility index (Phi) is 4.13. The summed E-state index contributed by atoms with van der Waals surface area (Å²) in [7, 11) is 1.74. The second-order valence-electron chi connectivity index (χ2n) is 5.20. The average molecular weight is 234 g/mol. The molecule has 3 nitrogen and oxygen atoms in total. The molecule has 0 atom stereocenters. The highest BCUT2D eigenvalue weighted by Crippen LogP contribution is 2.46. The summed E-state index contributed by atoms with van der Waals surface area (Å²) in [6.07, 6.45) is 6.35. The van der Waals surface area contributed by atoms with Crippen LogP contribution in [-0.2, 0) is 10.2 Å². The van der Waals surface area contributed by atoms with Crippen molar-refractivity contribution in [2.75, 3.05) is 26.8 Å². The Morgan fingerprint density at radius 3 is 2.71 bits per heavy atom. The highest BCUT2D eigenvalue weighted by Gasteiger charge is 2.42. The first kappa shape index (κ1) is 12.5. The summed E-state index contributed by atoms with van der Waals surface area (Å²) in [5, 5.41) is 3.50. The number of pyridine rings is 1. The van der Waals surface area contributed by atoms with Crippen LogP contribution < -0.4 is 5.32 Å². The van der Waals surface area contributed by atoms with Crippen molar-refractivity contribution in [3.05, 3.63) is 30.1 Å². The van der Waals surface area contributed by atoms with Crippen molar-refractivity contribution in [1.29, 1.82) is 0 Å². The van der Waals surface area contributed by atoms with Gasteiger partial charge in [0, 0.05) is 38.0 Å². The summed E-state index contributed by atoms with van der Waals surface area (Å²) in [6, 6.07) is 4.31. The Hall–Kier alpha value is -0.930. The number of ether oxygens (including phenoxy) is 1. The zero-order valence-electron chi connectivity index (χ0n) is 10.8. The van der Waals surface area contributed by atoms with Crippen molar-refractivity contribution in [3.8, 4) is 0 Å². The fourth-order valence-electron chi connectivity index (χ4n) is 2.96. The molecule has 0 amide bonds. The first-order valence-corrected chi connectivity index (χ1v) is 6.37. The maximum Gasteiger partial charge on any atom is 0.0587 e. The van der Waals surface area contributed by atoms with Gasteiger partial charge in [-0.05, 0) is 36.5 Å². The Morgan fingerprint density at radius 1 is 1.41 bits per heavy atom. The van der Waals surface area contributed by atoms with Crippen LogP contribution in [0.2, 0.25) is 0 Å². The molecule has 3 heteroatoms. The zero-order valence-corrected chi connectivity index (χ0v) is 10.8. The van der Waals surface area contributed by atoms with Crippen molar-refractivity contribution in [2.24, 2.45) is 5.92 Å². The summed E-state index contributed by atoms with van der Waals surface area (Å²) in [6.45, 7) is 5.08. The minimum Gasteiger partial charge on any atom is -0.383 e. The molecule has 0 aromatic carbocycles. The van der Waals surface area contributed by atoms with Gasteiger partial charge >= 0.3 is 0 Å². The van der Waals surface area contributed by atoms with Gasteiger partial charge in [0.15, 0.2) is 0 Å². The van der Waals surface area contributed by atoms with Gasteiger partial charge in [-0.2, -0.15) is 0 Å². The van der Waals surface area contributed by atoms with Gasteiger partial charge in [0.25, 0.3) is 0 Å². The van der Waals surface area contributed by atoms with E-state index in [9.17, 15) is 0 Å². The lowest BCUT2D eigenvalue weighted by atomic mass is 9.59. The van der Waals surface area contributed by atoms with E-state index in [0.717, 1.165) is 25.6 Å². The van der Waals surface area contributed by atoms with E-state index in [0.29, 0.717) is 5.41 Å². The van der Waals surface area contributed by atoms with Crippen LogP contribution in [0.4, 0.5) is 0 Å². The maximum absolute atomic E-state index is 5.06. The Morgan fingerprint density at radius 2 is 2.12 bits per heavy atom. The van der Waals surface area contributed by atoms with Gasteiger partial charge in [-0.3, -0.25) is 4.98 Å². The first-order valence-electron chi connectivity index (χ1n) is 6.37. The van der Waals surface area contributed by atoms with Gasteiger partial charge in [0.05, 0.1) is 6.61 Å². The van der Waals surface area contributed by atoms with Crippen LogP contribution in [0, 0.1) is 5.92 Å². The molecule has 94 valence electrons. The first-order chi connectivity index (χ1) is 8.27. The molecule has 0 bridgehead atoms. The van der Waals surface area contributed by atoms with E-state index in [-0.39, 0.29) is 0 Å². The van der Waals surface area contributed by atoms with E-state index in [4.69, 9.17) is 4.74 Å². The van der Waals surface area contributed by atoms with Crippen LogP contribution in [0.1, 0.15) is 25.3 Å². The van der Waals surface area contributed by atoms with Gasteiger partial charge in [0.2, 0.25) is 0 Å². The minimum atomic E-state index is 0.329. The third-order valence-corrected chi connectivity index (χ3v) is 3.72. The van der Waals surface area contributed by atoms with E-state index in [1.54, 1.807) is 7.11 Å². The molecule has 1 aromatic heterocycles. The lowest BCUT2D eigenvalue weighted by molar-refractivity contribution is 0.144. The third kappa shape index (κ3) is 2.85. The molecular weight excluding hydrogens is 212 g/mol. The molecule has 0 spiro atoms. The number of rotatable bonds is 6. The molecule has 1 aliphatic rings. The van der Waals surface area contributed by atoms with Crippen LogP contribution in [0.5, 0.6) is 0 Å². The topological polar surface area (TPSA) is 34.1 Å². The summed E-state index contributed by atoms with van der Waals surface area (Å²) >= 11 is 0. The van der Waals surface area contributed by atoms with Crippen LogP contribution in [0.3, 0.4) is 0 Å². The quantitative estimate of drug-likeness (QED) is 0.764. The monoisotopic (exact) mass is 234 g/mol. The normalized spacial score (nSPS) is 27.8. The third-order valence-electron chi connectivity index (χ3n) is 3.72. The lowest BCUT2D eigenvalue weighted by Gasteiger charge is -2.47. The van der Waals surface area contributed by atoms with Crippen LogP contribution in [0.15, 0.2) is 24.5 Å². The molecule has 1 fully saturated rings. The van der Waals surface area contributed by atoms with Crippen molar-refractivity contribution < 1.29 is 4.74 Å². The van der Waals surface area contributed by atoms with Gasteiger partial charge in [-0.25, -0.2) is 0 Å². The number of nitrogens with zero attached hydrogens (tertiary/aromatic N) is 1. The fourth-order valence-corrected chi connectivity index (χ4v) is 2.96. The maximum atomic E-state index is 5.06. The number of nitrogens with one attached hydrogen (secondary N) is 1. The Bertz CT molecular complexity index is 333. The second-order valence-corrected chi connectivity index (χ2v) is 5.20. The van der Waals surface area contributed by atoms with Gasteiger partial charge in [-0.15, -0.1) is 0 Å². The smallest absolute Gasteiger partial charge is 0.0587 e. The van der Waals surface area contributed by atoms with Gasteiger partial charge in [-0.1, -0.05) is 6.92 Å². The number of methoxy groups -OCH3 is 1. The van der Waals surface area contributed by atoms with Crippen LogP contribution in [-0.4, -0.2) is 31.8 Å². The molecule has 0 saturated heterocycles. The lowest BCUT2D eigenvalue weighted by Crippen LogP contribution is -2.48. The molecule has 1 heterocycles. The highest BCUT2D eigenvalue weighted by atomic mass is 16.5. The number of hydrogen-bond acceptors (Lipinski definition) is 3. The molecule has 1 aliphatic carbocycles. The van der Waals surface area contributed by atoms with Crippen molar-refractivity contribution in [1.82, 2.24) is 10.3 Å². The zero-order chi connectivity index (χ0) is 12.1. The molecule has 0 unspecified atom stereocenters. The van der Waals surface area contributed by atoms with E-state index in [1.165, 1.54) is 18.4 Å². The molecule has 1 saturated carbocycles. The molecule has 0 radical (unpaired) electrons. The van der Waals surface area contributed by atoms with E-state index in [2.05, 4.69) is 29.4 Å². The summed E-state index contributed by atoms with van der Waals surface area (Å²) < 4.78 is 5.06. The molecule has 0 aliphatic heterocycles. The van der Waals surface area contributed by atoms with Crippen LogP contribution >= 0.6 is 0 Å². The van der Waals surface area contributed by atoms with E-state index >= 15 is 0 Å². The largest absolute Gasteiger partial charge is 0.383 e.